The van der Waals surface area contributed by atoms with Gasteiger partial charge in [-0.3, -0.25) is 9.69 Å². The molecule has 2 aromatic rings. The number of piperidine rings is 1. The number of carbonyl (C=O) groups is 1. The first-order chi connectivity index (χ1) is 12.1. The van der Waals surface area contributed by atoms with Crippen molar-refractivity contribution in [3.8, 4) is 0 Å². The van der Waals surface area contributed by atoms with Gasteiger partial charge in [-0.05, 0) is 56.1 Å². The molecule has 0 saturated carbocycles. The lowest BCUT2D eigenvalue weighted by molar-refractivity contribution is -0.127. The Hall–Kier alpha value is -1.84. The second-order valence-electron chi connectivity index (χ2n) is 6.82. The zero-order chi connectivity index (χ0) is 17.6. The van der Waals surface area contributed by atoms with Crippen LogP contribution >= 0.6 is 11.6 Å². The van der Waals surface area contributed by atoms with Crippen LogP contribution in [0.1, 0.15) is 36.9 Å². The Labute approximate surface area is 155 Å². The number of amides is 1. The first-order valence-corrected chi connectivity index (χ1v) is 9.32. The highest BCUT2D eigenvalue weighted by Gasteiger charge is 2.25. The van der Waals surface area contributed by atoms with E-state index in [1.54, 1.807) is 0 Å². The molecule has 132 valence electrons. The van der Waals surface area contributed by atoms with Crippen molar-refractivity contribution in [2.24, 2.45) is 5.92 Å². The number of nitrogens with one attached hydrogen (secondary N) is 1. The Kier molecular flexibility index (Phi) is 6.11. The van der Waals surface area contributed by atoms with Gasteiger partial charge in [-0.2, -0.15) is 0 Å². The summed E-state index contributed by atoms with van der Waals surface area (Å²) in [7, 11) is 0. The molecule has 1 heterocycles. The molecule has 1 saturated heterocycles. The van der Waals surface area contributed by atoms with Gasteiger partial charge in [0.25, 0.3) is 0 Å². The molecular weight excluding hydrogens is 332 g/mol. The number of nitrogens with zero attached hydrogens (tertiary/aromatic N) is 1. The molecule has 1 aliphatic heterocycles. The summed E-state index contributed by atoms with van der Waals surface area (Å²) in [6.45, 7) is 4.88. The van der Waals surface area contributed by atoms with Crippen LogP contribution in [-0.2, 0) is 11.3 Å². The van der Waals surface area contributed by atoms with Gasteiger partial charge in [-0.25, -0.2) is 0 Å². The van der Waals surface area contributed by atoms with E-state index in [1.165, 1.54) is 5.56 Å². The Morgan fingerprint density at radius 3 is 2.40 bits per heavy atom. The lowest BCUT2D eigenvalue weighted by Gasteiger charge is -2.32. The van der Waals surface area contributed by atoms with Gasteiger partial charge >= 0.3 is 0 Å². The molecule has 0 unspecified atom stereocenters. The highest BCUT2D eigenvalue weighted by Crippen LogP contribution is 2.21. The molecule has 0 radical (unpaired) electrons. The lowest BCUT2D eigenvalue weighted by Crippen LogP contribution is -2.40. The van der Waals surface area contributed by atoms with Crippen molar-refractivity contribution in [2.75, 3.05) is 13.1 Å². The minimum Gasteiger partial charge on any atom is -0.349 e. The number of benzene rings is 2. The summed E-state index contributed by atoms with van der Waals surface area (Å²) in [5.41, 5.74) is 2.42. The maximum absolute atomic E-state index is 12.5. The molecule has 1 atom stereocenters. The van der Waals surface area contributed by atoms with Crippen LogP contribution in [0.15, 0.2) is 54.6 Å². The lowest BCUT2D eigenvalue weighted by atomic mass is 9.95. The average Bonchev–Trinajstić information content (AvgIpc) is 2.65. The van der Waals surface area contributed by atoms with Gasteiger partial charge in [0.05, 0.1) is 6.04 Å². The van der Waals surface area contributed by atoms with E-state index in [0.717, 1.165) is 43.1 Å². The third kappa shape index (κ3) is 5.07. The number of hydrogen-bond donors (Lipinski definition) is 1. The number of carbonyl (C=O) groups excluding carboxylic acids is 1. The third-order valence-electron chi connectivity index (χ3n) is 4.94. The molecule has 0 spiro atoms. The summed E-state index contributed by atoms with van der Waals surface area (Å²) < 4.78 is 0. The van der Waals surface area contributed by atoms with E-state index in [1.807, 2.05) is 37.3 Å². The predicted octanol–water partition coefficient (Wildman–Crippen LogP) is 4.43. The molecule has 0 aliphatic carbocycles. The number of rotatable bonds is 5. The van der Waals surface area contributed by atoms with Crippen molar-refractivity contribution < 1.29 is 4.79 Å². The molecule has 25 heavy (non-hydrogen) atoms. The van der Waals surface area contributed by atoms with Crippen LogP contribution in [0.2, 0.25) is 5.02 Å². The highest BCUT2D eigenvalue weighted by molar-refractivity contribution is 6.30. The van der Waals surface area contributed by atoms with Crippen LogP contribution in [-0.4, -0.2) is 23.9 Å². The minimum absolute atomic E-state index is 0.0563. The smallest absolute Gasteiger partial charge is 0.223 e. The van der Waals surface area contributed by atoms with Gasteiger partial charge in [0.15, 0.2) is 0 Å². The summed E-state index contributed by atoms with van der Waals surface area (Å²) in [5, 5.41) is 3.93. The SMILES string of the molecule is C[C@@H](NC(=O)C1CCN(Cc2ccc(Cl)cc2)CC1)c1ccccc1. The summed E-state index contributed by atoms with van der Waals surface area (Å²) in [6, 6.07) is 18.2. The van der Waals surface area contributed by atoms with E-state index >= 15 is 0 Å². The Morgan fingerprint density at radius 2 is 1.76 bits per heavy atom. The van der Waals surface area contributed by atoms with Crippen molar-refractivity contribution in [3.63, 3.8) is 0 Å². The van der Waals surface area contributed by atoms with E-state index in [9.17, 15) is 4.79 Å². The van der Waals surface area contributed by atoms with Gasteiger partial charge < -0.3 is 5.32 Å². The van der Waals surface area contributed by atoms with Gasteiger partial charge in [0, 0.05) is 17.5 Å². The average molecular weight is 357 g/mol. The Bertz CT molecular complexity index is 679. The second kappa shape index (κ2) is 8.50. The molecule has 1 amide bonds. The maximum Gasteiger partial charge on any atom is 0.223 e. The van der Waals surface area contributed by atoms with Crippen LogP contribution in [0, 0.1) is 5.92 Å². The van der Waals surface area contributed by atoms with Crippen molar-refractivity contribution in [3.05, 3.63) is 70.7 Å². The zero-order valence-electron chi connectivity index (χ0n) is 14.6. The molecular formula is C21H25ClN2O. The normalized spacial score (nSPS) is 17.2. The van der Waals surface area contributed by atoms with E-state index in [-0.39, 0.29) is 17.9 Å². The summed E-state index contributed by atoms with van der Waals surface area (Å²) >= 11 is 5.94. The predicted molar refractivity (Wildman–Crippen MR) is 102 cm³/mol. The maximum atomic E-state index is 12.5. The van der Waals surface area contributed by atoms with Crippen LogP contribution < -0.4 is 5.32 Å². The summed E-state index contributed by atoms with van der Waals surface area (Å²) in [4.78, 5) is 15.0. The van der Waals surface area contributed by atoms with Gasteiger partial charge in [0.1, 0.15) is 0 Å². The number of hydrogen-bond acceptors (Lipinski definition) is 2. The quantitative estimate of drug-likeness (QED) is 0.859. The van der Waals surface area contributed by atoms with E-state index < -0.39 is 0 Å². The highest BCUT2D eigenvalue weighted by atomic mass is 35.5. The first-order valence-electron chi connectivity index (χ1n) is 8.94. The summed E-state index contributed by atoms with van der Waals surface area (Å²) in [6.07, 6.45) is 1.84. The Balaban J connectivity index is 1.46. The van der Waals surface area contributed by atoms with Crippen LogP contribution in [0.4, 0.5) is 0 Å². The third-order valence-corrected chi connectivity index (χ3v) is 5.19. The molecule has 4 heteroatoms. The van der Waals surface area contributed by atoms with E-state index in [4.69, 9.17) is 11.6 Å². The Morgan fingerprint density at radius 1 is 1.12 bits per heavy atom. The fourth-order valence-corrected chi connectivity index (χ4v) is 3.48. The van der Waals surface area contributed by atoms with Gasteiger partial charge in [0.2, 0.25) is 5.91 Å². The van der Waals surface area contributed by atoms with Crippen LogP contribution in [0.25, 0.3) is 0 Å². The first kappa shape index (κ1) is 18.0. The molecule has 2 aromatic carbocycles. The number of halogens is 1. The molecule has 3 nitrogen and oxygen atoms in total. The topological polar surface area (TPSA) is 32.3 Å². The molecule has 1 N–H and O–H groups in total. The van der Waals surface area contributed by atoms with Crippen LogP contribution in [0.3, 0.4) is 0 Å². The van der Waals surface area contributed by atoms with E-state index in [2.05, 4.69) is 34.5 Å². The van der Waals surface area contributed by atoms with Crippen LogP contribution in [0.5, 0.6) is 0 Å². The van der Waals surface area contributed by atoms with Crippen molar-refractivity contribution in [1.82, 2.24) is 10.2 Å². The standard InChI is InChI=1S/C21H25ClN2O/c1-16(18-5-3-2-4-6-18)23-21(25)19-11-13-24(14-12-19)15-17-7-9-20(22)10-8-17/h2-10,16,19H,11-15H2,1H3,(H,23,25)/t16-/m1/s1. The van der Waals surface area contributed by atoms with Gasteiger partial charge in [-0.15, -0.1) is 0 Å². The molecule has 3 rings (SSSR count). The molecule has 0 bridgehead atoms. The van der Waals surface area contributed by atoms with E-state index in [0.29, 0.717) is 0 Å². The largest absolute Gasteiger partial charge is 0.349 e. The molecule has 0 aromatic heterocycles. The number of likely N-dealkylation sites (tertiary alicyclic amines) is 1. The second-order valence-corrected chi connectivity index (χ2v) is 7.25. The van der Waals surface area contributed by atoms with Crippen molar-refractivity contribution >= 4 is 17.5 Å². The minimum atomic E-state index is 0.0563. The molecule has 1 fully saturated rings. The molecule has 1 aliphatic rings. The van der Waals surface area contributed by atoms with Crippen molar-refractivity contribution in [2.45, 2.75) is 32.4 Å². The fraction of sp³-hybridized carbons (Fsp3) is 0.381. The monoisotopic (exact) mass is 356 g/mol. The fourth-order valence-electron chi connectivity index (χ4n) is 3.36. The van der Waals surface area contributed by atoms with Gasteiger partial charge in [-0.1, -0.05) is 54.1 Å². The van der Waals surface area contributed by atoms with Crippen molar-refractivity contribution in [1.29, 1.82) is 0 Å². The summed E-state index contributed by atoms with van der Waals surface area (Å²) in [5.74, 6) is 0.301. The zero-order valence-corrected chi connectivity index (χ0v) is 15.4.